The second-order valence-electron chi connectivity index (χ2n) is 4.15. The Morgan fingerprint density at radius 1 is 1.21 bits per heavy atom. The summed E-state index contributed by atoms with van der Waals surface area (Å²) in [5.74, 6) is -6.41. The van der Waals surface area contributed by atoms with Crippen LogP contribution in [0.15, 0.2) is 23.3 Å². The van der Waals surface area contributed by atoms with E-state index in [0.717, 1.165) is 6.07 Å². The summed E-state index contributed by atoms with van der Waals surface area (Å²) in [4.78, 5) is 0. The summed E-state index contributed by atoms with van der Waals surface area (Å²) in [5.41, 5.74) is 0.331. The predicted octanol–water partition coefficient (Wildman–Crippen LogP) is 3.96. The molecule has 0 aromatic heterocycles. The normalized spacial score (nSPS) is 13.0. The Bertz CT molecular complexity index is 655. The number of hydrogen-bond acceptors (Lipinski definition) is 4. The van der Waals surface area contributed by atoms with E-state index in [4.69, 9.17) is 21.6 Å². The SMILES string of the molecule is N#CCOc1ccc(Cl)cc1/C=N\NC(F)(F)C(F)(F)C(F)(F)F. The number of nitrogens with one attached hydrogen (secondary N) is 1. The van der Waals surface area contributed by atoms with Gasteiger partial charge in [0.05, 0.1) is 6.21 Å². The van der Waals surface area contributed by atoms with Gasteiger partial charge in [-0.15, -0.1) is 0 Å². The maximum absolute atomic E-state index is 13.0. The van der Waals surface area contributed by atoms with E-state index in [2.05, 4.69) is 5.10 Å². The largest absolute Gasteiger partial charge is 0.478 e. The molecule has 1 aromatic carbocycles. The van der Waals surface area contributed by atoms with Crippen molar-refractivity contribution in [2.24, 2.45) is 5.10 Å². The fraction of sp³-hybridized carbons (Fsp3) is 0.333. The Balaban J connectivity index is 2.98. The molecule has 0 spiro atoms. The molecule has 1 N–H and O–H groups in total. The van der Waals surface area contributed by atoms with Crippen LogP contribution in [0.4, 0.5) is 30.7 Å². The molecule has 0 heterocycles. The van der Waals surface area contributed by atoms with Gasteiger partial charge in [-0.25, -0.2) is 5.43 Å². The topological polar surface area (TPSA) is 57.4 Å². The number of rotatable bonds is 6. The van der Waals surface area contributed by atoms with Gasteiger partial charge in [-0.3, -0.25) is 0 Å². The number of ether oxygens (including phenoxy) is 1. The molecule has 0 bridgehead atoms. The van der Waals surface area contributed by atoms with Gasteiger partial charge in [-0.1, -0.05) is 11.6 Å². The summed E-state index contributed by atoms with van der Waals surface area (Å²) >= 11 is 5.63. The Hall–Kier alpha value is -2.22. The molecule has 24 heavy (non-hydrogen) atoms. The number of hydrogen-bond donors (Lipinski definition) is 1. The minimum absolute atomic E-state index is 0.0719. The highest BCUT2D eigenvalue weighted by Gasteiger charge is 2.73. The zero-order chi connectivity index (χ0) is 18.6. The van der Waals surface area contributed by atoms with Gasteiger partial charge in [0.15, 0.2) is 6.61 Å². The summed E-state index contributed by atoms with van der Waals surface area (Å²) in [5, 5.41) is 11.1. The molecule has 0 unspecified atom stereocenters. The summed E-state index contributed by atoms with van der Waals surface area (Å²) in [7, 11) is 0. The van der Waals surface area contributed by atoms with E-state index in [1.54, 1.807) is 6.07 Å². The third kappa shape index (κ3) is 4.41. The first-order valence-corrected chi connectivity index (χ1v) is 6.22. The lowest BCUT2D eigenvalue weighted by Crippen LogP contribution is -2.58. The molecule has 12 heteroatoms. The fourth-order valence-corrected chi connectivity index (χ4v) is 1.47. The van der Waals surface area contributed by atoms with Crippen LogP contribution >= 0.6 is 11.6 Å². The van der Waals surface area contributed by atoms with Crippen molar-refractivity contribution in [3.05, 3.63) is 28.8 Å². The van der Waals surface area contributed by atoms with Gasteiger partial charge in [0.2, 0.25) is 0 Å². The second kappa shape index (κ2) is 7.12. The molecule has 0 fully saturated rings. The van der Waals surface area contributed by atoms with Gasteiger partial charge in [0.25, 0.3) is 0 Å². The quantitative estimate of drug-likeness (QED) is 0.353. The van der Waals surface area contributed by atoms with E-state index in [-0.39, 0.29) is 16.3 Å². The van der Waals surface area contributed by atoms with E-state index >= 15 is 0 Å². The summed E-state index contributed by atoms with van der Waals surface area (Å²) < 4.78 is 92.0. The van der Waals surface area contributed by atoms with Crippen molar-refractivity contribution >= 4 is 17.8 Å². The van der Waals surface area contributed by atoms with Crippen molar-refractivity contribution in [3.8, 4) is 11.8 Å². The van der Waals surface area contributed by atoms with Crippen LogP contribution in [-0.2, 0) is 0 Å². The number of nitriles is 1. The highest BCUT2D eigenvalue weighted by Crippen LogP contribution is 2.45. The molecular weight excluding hydrogens is 371 g/mol. The van der Waals surface area contributed by atoms with Gasteiger partial charge < -0.3 is 4.74 Å². The number of halogens is 8. The molecule has 4 nitrogen and oxygen atoms in total. The molecule has 0 aliphatic carbocycles. The lowest BCUT2D eigenvalue weighted by Gasteiger charge is -2.27. The van der Waals surface area contributed by atoms with Gasteiger partial charge in [0.1, 0.15) is 11.8 Å². The molecule has 0 radical (unpaired) electrons. The van der Waals surface area contributed by atoms with E-state index in [0.29, 0.717) is 11.6 Å². The minimum atomic E-state index is -6.48. The summed E-state index contributed by atoms with van der Waals surface area (Å²) in [6.07, 6.45) is -5.98. The van der Waals surface area contributed by atoms with Gasteiger partial charge in [-0.05, 0) is 18.2 Å². The van der Waals surface area contributed by atoms with Crippen LogP contribution in [0.2, 0.25) is 5.02 Å². The minimum Gasteiger partial charge on any atom is -0.478 e. The molecule has 0 aliphatic rings. The highest BCUT2D eigenvalue weighted by atomic mass is 35.5. The third-order valence-corrected chi connectivity index (χ3v) is 2.66. The molecule has 0 saturated heterocycles. The number of alkyl halides is 7. The zero-order valence-corrected chi connectivity index (χ0v) is 12.1. The predicted molar refractivity (Wildman–Crippen MR) is 69.2 cm³/mol. The van der Waals surface area contributed by atoms with E-state index in [1.165, 1.54) is 12.1 Å². The molecule has 0 aliphatic heterocycles. The van der Waals surface area contributed by atoms with E-state index < -0.39 is 24.8 Å². The van der Waals surface area contributed by atoms with Crippen molar-refractivity contribution in [1.82, 2.24) is 5.43 Å². The Labute approximate surface area is 135 Å². The van der Waals surface area contributed by atoms with E-state index in [1.807, 2.05) is 0 Å². The van der Waals surface area contributed by atoms with Crippen molar-refractivity contribution in [2.45, 2.75) is 18.1 Å². The van der Waals surface area contributed by atoms with E-state index in [9.17, 15) is 30.7 Å². The maximum Gasteiger partial charge on any atom is 0.462 e. The molecular formula is C12H7ClF7N3O. The van der Waals surface area contributed by atoms with Crippen molar-refractivity contribution in [1.29, 1.82) is 5.26 Å². The van der Waals surface area contributed by atoms with Crippen molar-refractivity contribution in [2.75, 3.05) is 6.61 Å². The maximum atomic E-state index is 13.0. The first-order valence-electron chi connectivity index (χ1n) is 5.84. The van der Waals surface area contributed by atoms with Crippen LogP contribution in [0, 0.1) is 11.3 Å². The van der Waals surface area contributed by atoms with Crippen LogP contribution in [-0.4, -0.2) is 31.0 Å². The number of hydrazone groups is 1. The second-order valence-corrected chi connectivity index (χ2v) is 4.58. The molecule has 0 atom stereocenters. The Kier molecular flexibility index (Phi) is 5.89. The lowest BCUT2D eigenvalue weighted by atomic mass is 10.2. The standard InChI is InChI=1S/C12H7ClF7N3O/c13-8-1-2-9(24-4-3-21)7(5-8)6-22-23-12(19,20)10(14,15)11(16,17)18/h1-2,5-6,23H,4H2/b22-6-. The third-order valence-electron chi connectivity index (χ3n) is 2.42. The monoisotopic (exact) mass is 377 g/mol. The fourth-order valence-electron chi connectivity index (χ4n) is 1.29. The van der Waals surface area contributed by atoms with Gasteiger partial charge >= 0.3 is 18.1 Å². The molecule has 0 amide bonds. The number of nitrogens with zero attached hydrogens (tertiary/aromatic N) is 2. The Morgan fingerprint density at radius 2 is 1.83 bits per heavy atom. The van der Waals surface area contributed by atoms with Crippen LogP contribution < -0.4 is 10.2 Å². The summed E-state index contributed by atoms with van der Waals surface area (Å²) in [6.45, 7) is -0.432. The van der Waals surface area contributed by atoms with Crippen molar-refractivity contribution in [3.63, 3.8) is 0 Å². The number of benzene rings is 1. The molecule has 1 aromatic rings. The first kappa shape index (κ1) is 19.8. The Morgan fingerprint density at radius 3 is 2.38 bits per heavy atom. The van der Waals surface area contributed by atoms with Crippen LogP contribution in [0.1, 0.15) is 5.56 Å². The molecule has 1 rings (SSSR count). The summed E-state index contributed by atoms with van der Waals surface area (Å²) in [6, 6.07) is -0.424. The van der Waals surface area contributed by atoms with Crippen LogP contribution in [0.5, 0.6) is 5.75 Å². The average molecular weight is 378 g/mol. The van der Waals surface area contributed by atoms with Crippen LogP contribution in [0.3, 0.4) is 0 Å². The molecule has 132 valence electrons. The van der Waals surface area contributed by atoms with Gasteiger partial charge in [0, 0.05) is 10.6 Å². The lowest BCUT2D eigenvalue weighted by molar-refractivity contribution is -0.361. The average Bonchev–Trinajstić information content (AvgIpc) is 2.45. The van der Waals surface area contributed by atoms with Crippen molar-refractivity contribution < 1.29 is 35.5 Å². The zero-order valence-electron chi connectivity index (χ0n) is 11.3. The smallest absolute Gasteiger partial charge is 0.462 e. The first-order chi connectivity index (χ1) is 10.9. The molecule has 0 saturated carbocycles. The van der Waals surface area contributed by atoms with Crippen LogP contribution in [0.25, 0.3) is 0 Å². The van der Waals surface area contributed by atoms with Gasteiger partial charge in [-0.2, -0.15) is 41.1 Å². The highest BCUT2D eigenvalue weighted by molar-refractivity contribution is 6.30.